The Kier molecular flexibility index (Phi) is 1.94. The summed E-state index contributed by atoms with van der Waals surface area (Å²) >= 11 is 1.33. The summed E-state index contributed by atoms with van der Waals surface area (Å²) in [5.74, 6) is 0. The first-order valence-electron chi connectivity index (χ1n) is 1.82. The molecule has 0 atom stereocenters. The Bertz CT molecular complexity index is 37.3. The van der Waals surface area contributed by atoms with Crippen molar-refractivity contribution < 1.29 is 5.11 Å². The van der Waals surface area contributed by atoms with Crippen LogP contribution in [0.15, 0.2) is 0 Å². The van der Waals surface area contributed by atoms with E-state index < -0.39 is 4.93 Å². The number of hydrogen-bond donors (Lipinski definition) is 0. The molecule has 0 amide bonds. The summed E-state index contributed by atoms with van der Waals surface area (Å²) in [7, 11) is 0. The van der Waals surface area contributed by atoms with Gasteiger partial charge in [0.1, 0.15) is 4.93 Å². The molecule has 0 aliphatic carbocycles. The van der Waals surface area contributed by atoms with Gasteiger partial charge in [0.05, 0.1) is 0 Å². The van der Waals surface area contributed by atoms with Gasteiger partial charge in [-0.1, -0.05) is 0 Å². The maximum absolute atomic E-state index is 10.4. The quantitative estimate of drug-likeness (QED) is 0.463. The molecule has 0 rings (SSSR count). The molecule has 1 radical (unpaired) electrons. The van der Waals surface area contributed by atoms with E-state index in [1.807, 2.05) is 6.26 Å². The molecule has 0 unspecified atom stereocenters. The number of rotatable bonds is 1. The van der Waals surface area contributed by atoms with E-state index in [0.717, 1.165) is 0 Å². The van der Waals surface area contributed by atoms with Crippen LogP contribution in [0, 0.1) is 0 Å². The third kappa shape index (κ3) is 4.31. The van der Waals surface area contributed by atoms with Crippen LogP contribution < -0.4 is 0 Å². The molecule has 0 bridgehead atoms. The monoisotopic (exact) mass is 105 g/mol. The molecule has 0 aliphatic rings. The fraction of sp³-hybridized carbons (Fsp3) is 1.00. The molecular formula is C4H9OS. The van der Waals surface area contributed by atoms with Gasteiger partial charge in [-0.3, -0.25) is 0 Å². The fourth-order valence-corrected chi connectivity index (χ4v) is 0. The normalized spacial score (nSPS) is 12.0. The van der Waals surface area contributed by atoms with E-state index in [0.29, 0.717) is 0 Å². The minimum absolute atomic E-state index is 0.792. The first kappa shape index (κ1) is 6.31. The highest BCUT2D eigenvalue weighted by molar-refractivity contribution is 7.99. The van der Waals surface area contributed by atoms with Crippen molar-refractivity contribution in [3.63, 3.8) is 0 Å². The topological polar surface area (TPSA) is 19.9 Å². The van der Waals surface area contributed by atoms with Crippen LogP contribution in [0.5, 0.6) is 0 Å². The van der Waals surface area contributed by atoms with Gasteiger partial charge in [0.2, 0.25) is 0 Å². The van der Waals surface area contributed by atoms with Crippen molar-refractivity contribution >= 4 is 11.8 Å². The van der Waals surface area contributed by atoms with Crippen molar-refractivity contribution in [2.45, 2.75) is 18.8 Å². The van der Waals surface area contributed by atoms with Crippen molar-refractivity contribution in [3.8, 4) is 0 Å². The van der Waals surface area contributed by atoms with E-state index >= 15 is 0 Å². The molecule has 0 fully saturated rings. The Morgan fingerprint density at radius 2 is 1.67 bits per heavy atom. The van der Waals surface area contributed by atoms with Gasteiger partial charge in [-0.15, -0.1) is 11.8 Å². The Morgan fingerprint density at radius 3 is 1.67 bits per heavy atom. The molecule has 0 heterocycles. The van der Waals surface area contributed by atoms with Crippen LogP contribution in [-0.2, 0) is 5.11 Å². The third-order valence-corrected chi connectivity index (χ3v) is 1.47. The third-order valence-electron chi connectivity index (χ3n) is 0.492. The first-order chi connectivity index (χ1) is 2.56. The second kappa shape index (κ2) is 1.85. The van der Waals surface area contributed by atoms with Gasteiger partial charge < -0.3 is 0 Å². The van der Waals surface area contributed by atoms with Crippen LogP contribution in [0.3, 0.4) is 0 Å². The van der Waals surface area contributed by atoms with E-state index in [-0.39, 0.29) is 0 Å². The zero-order valence-corrected chi connectivity index (χ0v) is 5.13. The summed E-state index contributed by atoms with van der Waals surface area (Å²) in [6.45, 7) is 3.30. The van der Waals surface area contributed by atoms with Crippen LogP contribution in [0.1, 0.15) is 13.8 Å². The molecule has 1 nitrogen and oxygen atoms in total. The maximum atomic E-state index is 10.4. The van der Waals surface area contributed by atoms with Gasteiger partial charge >= 0.3 is 0 Å². The molecule has 6 heavy (non-hydrogen) atoms. The molecule has 2 heteroatoms. The molecule has 0 aromatic rings. The lowest BCUT2D eigenvalue weighted by molar-refractivity contribution is 0.0898. The highest BCUT2D eigenvalue weighted by Gasteiger charge is 2.10. The standard InChI is InChI=1S/C4H9OS/c1-4(2,5)6-3/h1-3H3. The SMILES string of the molecule is CSC(C)(C)[O]. The smallest absolute Gasteiger partial charge is 0.143 e. The van der Waals surface area contributed by atoms with Crippen molar-refractivity contribution in [3.05, 3.63) is 0 Å². The summed E-state index contributed by atoms with van der Waals surface area (Å²) in [5.41, 5.74) is 0. The van der Waals surface area contributed by atoms with Crippen molar-refractivity contribution in [2.75, 3.05) is 6.26 Å². The van der Waals surface area contributed by atoms with E-state index in [4.69, 9.17) is 0 Å². The van der Waals surface area contributed by atoms with E-state index in [1.165, 1.54) is 11.8 Å². The predicted molar refractivity (Wildman–Crippen MR) is 28.3 cm³/mol. The van der Waals surface area contributed by atoms with Gasteiger partial charge in [0, 0.05) is 0 Å². The van der Waals surface area contributed by atoms with Crippen LogP contribution >= 0.6 is 11.8 Å². The predicted octanol–water partition coefficient (Wildman–Crippen LogP) is 1.52. The Morgan fingerprint density at radius 1 is 1.50 bits per heavy atom. The molecule has 0 aliphatic heterocycles. The van der Waals surface area contributed by atoms with Gasteiger partial charge in [-0.2, -0.15) is 0 Å². The van der Waals surface area contributed by atoms with Crippen molar-refractivity contribution in [1.82, 2.24) is 0 Å². The molecule has 0 aromatic carbocycles. The number of thioether (sulfide) groups is 1. The maximum Gasteiger partial charge on any atom is 0.143 e. The minimum atomic E-state index is -0.792. The lowest BCUT2D eigenvalue weighted by atomic mass is 10.5. The summed E-state index contributed by atoms with van der Waals surface area (Å²) in [4.78, 5) is -0.792. The van der Waals surface area contributed by atoms with Gasteiger partial charge in [0.25, 0.3) is 0 Å². The van der Waals surface area contributed by atoms with Crippen LogP contribution in [-0.4, -0.2) is 11.2 Å². The Labute approximate surface area is 42.8 Å². The highest BCUT2D eigenvalue weighted by atomic mass is 32.2. The zero-order valence-electron chi connectivity index (χ0n) is 4.32. The average Bonchev–Trinajstić information content (AvgIpc) is 1.35. The lowest BCUT2D eigenvalue weighted by Crippen LogP contribution is -2.07. The molecule has 0 saturated heterocycles. The Balaban J connectivity index is 3.17. The van der Waals surface area contributed by atoms with Crippen LogP contribution in [0.4, 0.5) is 0 Å². The largest absolute Gasteiger partial charge is 0.218 e. The fourth-order valence-electron chi connectivity index (χ4n) is 0. The summed E-state index contributed by atoms with van der Waals surface area (Å²) in [5, 5.41) is 10.4. The first-order valence-corrected chi connectivity index (χ1v) is 3.04. The second-order valence-corrected chi connectivity index (χ2v) is 3.00. The van der Waals surface area contributed by atoms with Gasteiger partial charge in [-0.25, -0.2) is 5.11 Å². The molecule has 0 saturated carbocycles. The Hall–Kier alpha value is 0.310. The van der Waals surface area contributed by atoms with E-state index in [9.17, 15) is 5.11 Å². The van der Waals surface area contributed by atoms with Crippen LogP contribution in [0.25, 0.3) is 0 Å². The average molecular weight is 105 g/mol. The molecule has 0 aromatic heterocycles. The second-order valence-electron chi connectivity index (χ2n) is 1.60. The molecule has 0 spiro atoms. The zero-order chi connectivity index (χ0) is 5.21. The lowest BCUT2D eigenvalue weighted by Gasteiger charge is -2.07. The summed E-state index contributed by atoms with van der Waals surface area (Å²) in [6.07, 6.45) is 1.81. The van der Waals surface area contributed by atoms with Crippen LogP contribution in [0.2, 0.25) is 0 Å². The molecule has 37 valence electrons. The van der Waals surface area contributed by atoms with Crippen molar-refractivity contribution in [2.24, 2.45) is 0 Å². The van der Waals surface area contributed by atoms with Gasteiger partial charge in [0.15, 0.2) is 0 Å². The molecular weight excluding hydrogens is 96.1 g/mol. The summed E-state index contributed by atoms with van der Waals surface area (Å²) < 4.78 is 0. The van der Waals surface area contributed by atoms with E-state index in [1.54, 1.807) is 13.8 Å². The highest BCUT2D eigenvalue weighted by Crippen LogP contribution is 2.16. The minimum Gasteiger partial charge on any atom is -0.218 e. The summed E-state index contributed by atoms with van der Waals surface area (Å²) in [6, 6.07) is 0. The number of hydrogen-bond acceptors (Lipinski definition) is 1. The molecule has 0 N–H and O–H groups in total. The van der Waals surface area contributed by atoms with E-state index in [2.05, 4.69) is 0 Å². The van der Waals surface area contributed by atoms with Crippen molar-refractivity contribution in [1.29, 1.82) is 0 Å². The van der Waals surface area contributed by atoms with Gasteiger partial charge in [-0.05, 0) is 20.1 Å².